The van der Waals surface area contributed by atoms with Gasteiger partial charge in [-0.25, -0.2) is 0 Å². The van der Waals surface area contributed by atoms with Crippen LogP contribution in [-0.4, -0.2) is 25.0 Å². The fourth-order valence-corrected chi connectivity index (χ4v) is 2.37. The highest BCUT2D eigenvalue weighted by atomic mass is 16.1. The first-order valence-corrected chi connectivity index (χ1v) is 8.04. The molecule has 2 N–H and O–H groups in total. The Labute approximate surface area is 129 Å². The molecule has 1 unspecified atom stereocenters. The fraction of sp³-hybridized carbons (Fsp3) is 0.611. The molecule has 0 bridgehead atoms. The van der Waals surface area contributed by atoms with Gasteiger partial charge < -0.3 is 10.6 Å². The number of benzene rings is 1. The molecule has 0 aromatic heterocycles. The maximum Gasteiger partial charge on any atom is 0.220 e. The minimum Gasteiger partial charge on any atom is -0.355 e. The zero-order valence-electron chi connectivity index (χ0n) is 14.1. The van der Waals surface area contributed by atoms with Crippen molar-refractivity contribution >= 4 is 5.91 Å². The van der Waals surface area contributed by atoms with Crippen molar-refractivity contribution in [3.63, 3.8) is 0 Å². The quantitative estimate of drug-likeness (QED) is 0.770. The number of carbonyl (C=O) groups excluding carboxylic acids is 1. The zero-order chi connectivity index (χ0) is 15.8. The van der Waals surface area contributed by atoms with E-state index in [0.717, 1.165) is 6.54 Å². The van der Waals surface area contributed by atoms with Gasteiger partial charge in [0.1, 0.15) is 0 Å². The number of amides is 1. The second-order valence-corrected chi connectivity index (χ2v) is 6.19. The number of rotatable bonds is 8. The second-order valence-electron chi connectivity index (χ2n) is 6.19. The van der Waals surface area contributed by atoms with E-state index in [2.05, 4.69) is 69.5 Å². The van der Waals surface area contributed by atoms with Gasteiger partial charge in [0.2, 0.25) is 5.91 Å². The van der Waals surface area contributed by atoms with E-state index >= 15 is 0 Å². The van der Waals surface area contributed by atoms with E-state index in [-0.39, 0.29) is 11.8 Å². The molecule has 0 heterocycles. The summed E-state index contributed by atoms with van der Waals surface area (Å²) in [5.41, 5.74) is 2.57. The van der Waals surface area contributed by atoms with Crippen LogP contribution in [0.1, 0.15) is 64.0 Å². The number of nitrogens with one attached hydrogen (secondary N) is 2. The molecule has 0 saturated heterocycles. The lowest BCUT2D eigenvalue weighted by Gasteiger charge is -2.16. The van der Waals surface area contributed by atoms with E-state index in [4.69, 9.17) is 0 Å². The third kappa shape index (κ3) is 6.30. The molecule has 1 amide bonds. The highest BCUT2D eigenvalue weighted by molar-refractivity contribution is 5.76. The summed E-state index contributed by atoms with van der Waals surface area (Å²) in [6.45, 7) is 12.3. The van der Waals surface area contributed by atoms with Crippen molar-refractivity contribution in [1.29, 1.82) is 0 Å². The van der Waals surface area contributed by atoms with Gasteiger partial charge >= 0.3 is 0 Å². The van der Waals surface area contributed by atoms with E-state index in [9.17, 15) is 4.79 Å². The van der Waals surface area contributed by atoms with Gasteiger partial charge in [0.15, 0.2) is 0 Å². The van der Waals surface area contributed by atoms with Crippen LogP contribution in [0.25, 0.3) is 0 Å². The number of likely N-dealkylation sites (N-methyl/N-ethyl adjacent to an activating group) is 1. The number of hydrogen-bond donors (Lipinski definition) is 2. The summed E-state index contributed by atoms with van der Waals surface area (Å²) in [6.07, 6.45) is 0.542. The molecule has 21 heavy (non-hydrogen) atoms. The first-order valence-electron chi connectivity index (χ1n) is 8.04. The summed E-state index contributed by atoms with van der Waals surface area (Å²) < 4.78 is 0. The van der Waals surface area contributed by atoms with Gasteiger partial charge in [-0.15, -0.1) is 0 Å². The molecule has 2 atom stereocenters. The minimum atomic E-state index is 0.125. The molecule has 0 aliphatic heterocycles. The molecule has 0 aliphatic rings. The summed E-state index contributed by atoms with van der Waals surface area (Å²) in [4.78, 5) is 12.0. The molecule has 0 saturated carbocycles. The summed E-state index contributed by atoms with van der Waals surface area (Å²) in [5.74, 6) is 0.922. The highest BCUT2D eigenvalue weighted by Crippen LogP contribution is 2.22. The topological polar surface area (TPSA) is 41.1 Å². The molecule has 0 spiro atoms. The van der Waals surface area contributed by atoms with E-state index < -0.39 is 0 Å². The smallest absolute Gasteiger partial charge is 0.220 e. The van der Waals surface area contributed by atoms with E-state index in [1.54, 1.807) is 0 Å². The van der Waals surface area contributed by atoms with Crippen molar-refractivity contribution in [3.8, 4) is 0 Å². The maximum absolute atomic E-state index is 12.0. The van der Waals surface area contributed by atoms with Crippen molar-refractivity contribution in [2.75, 3.05) is 13.1 Å². The Morgan fingerprint density at radius 2 is 1.62 bits per heavy atom. The Hall–Kier alpha value is -1.35. The van der Waals surface area contributed by atoms with Gasteiger partial charge in [-0.3, -0.25) is 4.79 Å². The molecule has 1 aromatic carbocycles. The molecule has 1 aromatic rings. The number of carbonyl (C=O) groups is 1. The third-order valence-corrected chi connectivity index (χ3v) is 3.82. The molecule has 0 radical (unpaired) electrons. The van der Waals surface area contributed by atoms with Crippen LogP contribution >= 0.6 is 0 Å². The highest BCUT2D eigenvalue weighted by Gasteiger charge is 2.12. The minimum absolute atomic E-state index is 0.125. The zero-order valence-corrected chi connectivity index (χ0v) is 14.1. The standard InChI is InChI=1S/C18H30N2O/c1-6-19-15(5)12-20-18(21)11-14(4)17-9-7-16(8-10-17)13(2)3/h7-10,13-15,19H,6,11-12H2,1-5H3,(H,20,21)/t14?,15-/m1/s1. The maximum atomic E-state index is 12.0. The molecule has 118 valence electrons. The van der Waals surface area contributed by atoms with Crippen molar-refractivity contribution in [3.05, 3.63) is 35.4 Å². The van der Waals surface area contributed by atoms with Crippen LogP contribution in [0.2, 0.25) is 0 Å². The molecule has 3 heteroatoms. The van der Waals surface area contributed by atoms with Gasteiger partial charge in [-0.2, -0.15) is 0 Å². The molecule has 0 fully saturated rings. The molecule has 1 rings (SSSR count). The van der Waals surface area contributed by atoms with Crippen LogP contribution in [-0.2, 0) is 4.79 Å². The Balaban J connectivity index is 2.44. The Morgan fingerprint density at radius 3 is 2.14 bits per heavy atom. The van der Waals surface area contributed by atoms with Crippen molar-refractivity contribution in [1.82, 2.24) is 10.6 Å². The predicted octanol–water partition coefficient (Wildman–Crippen LogP) is 3.42. The fourth-order valence-electron chi connectivity index (χ4n) is 2.37. The lowest BCUT2D eigenvalue weighted by molar-refractivity contribution is -0.121. The van der Waals surface area contributed by atoms with Gasteiger partial charge in [0.05, 0.1) is 0 Å². The Kier molecular flexibility index (Phi) is 7.44. The van der Waals surface area contributed by atoms with Gasteiger partial charge in [0, 0.05) is 19.0 Å². The summed E-state index contributed by atoms with van der Waals surface area (Å²) in [7, 11) is 0. The second kappa shape index (κ2) is 8.83. The van der Waals surface area contributed by atoms with Crippen LogP contribution in [0.5, 0.6) is 0 Å². The summed E-state index contributed by atoms with van der Waals surface area (Å²) in [6, 6.07) is 8.95. The summed E-state index contributed by atoms with van der Waals surface area (Å²) in [5, 5.41) is 6.28. The van der Waals surface area contributed by atoms with Crippen LogP contribution in [0.3, 0.4) is 0 Å². The van der Waals surface area contributed by atoms with Gasteiger partial charge in [-0.05, 0) is 36.4 Å². The third-order valence-electron chi connectivity index (χ3n) is 3.82. The normalized spacial score (nSPS) is 14.0. The van der Waals surface area contributed by atoms with E-state index in [1.807, 2.05) is 0 Å². The Bertz CT molecular complexity index is 425. The number of hydrogen-bond acceptors (Lipinski definition) is 2. The van der Waals surface area contributed by atoms with Crippen molar-refractivity contribution in [2.45, 2.75) is 58.9 Å². The molecule has 3 nitrogen and oxygen atoms in total. The predicted molar refractivity (Wildman–Crippen MR) is 89.7 cm³/mol. The van der Waals surface area contributed by atoms with Crippen LogP contribution in [0, 0.1) is 0 Å². The van der Waals surface area contributed by atoms with Crippen LogP contribution in [0.4, 0.5) is 0 Å². The van der Waals surface area contributed by atoms with Gasteiger partial charge in [-0.1, -0.05) is 52.0 Å². The van der Waals surface area contributed by atoms with E-state index in [1.165, 1.54) is 11.1 Å². The average Bonchev–Trinajstić information content (AvgIpc) is 2.45. The lowest BCUT2D eigenvalue weighted by Crippen LogP contribution is -2.39. The lowest BCUT2D eigenvalue weighted by atomic mass is 9.94. The average molecular weight is 290 g/mol. The SMILES string of the molecule is CCN[C@H](C)CNC(=O)CC(C)c1ccc(C(C)C)cc1. The van der Waals surface area contributed by atoms with E-state index in [0.29, 0.717) is 24.9 Å². The monoisotopic (exact) mass is 290 g/mol. The van der Waals surface area contributed by atoms with Gasteiger partial charge in [0.25, 0.3) is 0 Å². The first kappa shape index (κ1) is 17.7. The largest absolute Gasteiger partial charge is 0.355 e. The summed E-state index contributed by atoms with van der Waals surface area (Å²) >= 11 is 0. The Morgan fingerprint density at radius 1 is 1.05 bits per heavy atom. The van der Waals surface area contributed by atoms with Crippen LogP contribution in [0.15, 0.2) is 24.3 Å². The van der Waals surface area contributed by atoms with Crippen LogP contribution < -0.4 is 10.6 Å². The first-order chi connectivity index (χ1) is 9.93. The van der Waals surface area contributed by atoms with Crippen molar-refractivity contribution < 1.29 is 4.79 Å². The van der Waals surface area contributed by atoms with Crippen molar-refractivity contribution in [2.24, 2.45) is 0 Å². The molecular weight excluding hydrogens is 260 g/mol. The molecular formula is C18H30N2O. The molecule has 0 aliphatic carbocycles.